The Balaban J connectivity index is 2.72. The number of carbonyl (C=O) groups is 2. The predicted octanol–water partition coefficient (Wildman–Crippen LogP) is 2.33. The van der Waals surface area contributed by atoms with Crippen molar-refractivity contribution in [1.82, 2.24) is 4.90 Å². The average molecular weight is 273 g/mol. The number of nitrogens with zero attached hydrogens (tertiary/aromatic N) is 1. The van der Waals surface area contributed by atoms with Crippen LogP contribution < -0.4 is 0 Å². The van der Waals surface area contributed by atoms with Gasteiger partial charge >= 0.3 is 6.09 Å². The summed E-state index contributed by atoms with van der Waals surface area (Å²) in [6.07, 6.45) is -0.0311. The molecule has 0 radical (unpaired) electrons. The van der Waals surface area contributed by atoms with Crippen LogP contribution >= 0.6 is 0 Å². The average Bonchev–Trinajstić information content (AvgIpc) is 2.58. The molecule has 0 aliphatic carbocycles. The SMILES string of the molecule is CC(C)(C)[Si](C)(C)O[C@@H]1C[C@@H](C=O)N(C(=O)O)C1. The fourth-order valence-corrected chi connectivity index (χ4v) is 3.21. The molecule has 1 heterocycles. The molecule has 0 aromatic carbocycles. The number of carboxylic acid groups (broad SMARTS) is 1. The smallest absolute Gasteiger partial charge is 0.407 e. The molecule has 0 bridgehead atoms. The molecule has 18 heavy (non-hydrogen) atoms. The molecule has 0 spiro atoms. The molecule has 1 aliphatic heterocycles. The van der Waals surface area contributed by atoms with E-state index in [1.807, 2.05) is 0 Å². The fraction of sp³-hybridized carbons (Fsp3) is 0.833. The molecule has 104 valence electrons. The lowest BCUT2D eigenvalue weighted by Gasteiger charge is -2.38. The van der Waals surface area contributed by atoms with Gasteiger partial charge in [0.25, 0.3) is 0 Å². The molecule has 1 aliphatic rings. The molecule has 0 unspecified atom stereocenters. The second kappa shape index (κ2) is 5.01. The summed E-state index contributed by atoms with van der Waals surface area (Å²) in [4.78, 5) is 23.1. The van der Waals surface area contributed by atoms with Gasteiger partial charge in [-0.2, -0.15) is 0 Å². The highest BCUT2D eigenvalue weighted by Crippen LogP contribution is 2.38. The molecule has 0 aromatic rings. The van der Waals surface area contributed by atoms with Gasteiger partial charge in [-0.25, -0.2) is 4.79 Å². The van der Waals surface area contributed by atoms with Gasteiger partial charge in [0.15, 0.2) is 8.32 Å². The maximum absolute atomic E-state index is 11.0. The van der Waals surface area contributed by atoms with Crippen molar-refractivity contribution in [2.75, 3.05) is 6.54 Å². The molecule has 2 atom stereocenters. The Morgan fingerprint density at radius 2 is 2.00 bits per heavy atom. The van der Waals surface area contributed by atoms with Crippen LogP contribution in [0.1, 0.15) is 27.2 Å². The highest BCUT2D eigenvalue weighted by molar-refractivity contribution is 6.74. The topological polar surface area (TPSA) is 66.8 Å². The van der Waals surface area contributed by atoms with E-state index in [0.29, 0.717) is 19.3 Å². The van der Waals surface area contributed by atoms with Crippen molar-refractivity contribution < 1.29 is 19.1 Å². The van der Waals surface area contributed by atoms with E-state index in [-0.39, 0.29) is 11.1 Å². The molecule has 5 nitrogen and oxygen atoms in total. The number of hydrogen-bond acceptors (Lipinski definition) is 3. The normalized spacial score (nSPS) is 25.3. The largest absolute Gasteiger partial charge is 0.465 e. The van der Waals surface area contributed by atoms with Gasteiger partial charge in [-0.1, -0.05) is 20.8 Å². The van der Waals surface area contributed by atoms with Gasteiger partial charge in [0.1, 0.15) is 6.29 Å². The van der Waals surface area contributed by atoms with E-state index in [1.54, 1.807) is 0 Å². The van der Waals surface area contributed by atoms with Crippen molar-refractivity contribution in [3.63, 3.8) is 0 Å². The lowest BCUT2D eigenvalue weighted by molar-refractivity contribution is -0.111. The Morgan fingerprint density at radius 1 is 1.44 bits per heavy atom. The number of aldehydes is 1. The molecule has 0 saturated carbocycles. The van der Waals surface area contributed by atoms with E-state index in [4.69, 9.17) is 9.53 Å². The molecular weight excluding hydrogens is 250 g/mol. The number of amides is 1. The third-order valence-corrected chi connectivity index (χ3v) is 8.51. The molecule has 6 heteroatoms. The van der Waals surface area contributed by atoms with Crippen molar-refractivity contribution in [2.45, 2.75) is 57.5 Å². The van der Waals surface area contributed by atoms with E-state index in [0.717, 1.165) is 0 Å². The first-order chi connectivity index (χ1) is 8.08. The van der Waals surface area contributed by atoms with E-state index < -0.39 is 20.5 Å². The minimum absolute atomic E-state index is 0.0836. The van der Waals surface area contributed by atoms with E-state index in [9.17, 15) is 9.59 Å². The summed E-state index contributed by atoms with van der Waals surface area (Å²) in [5.74, 6) is 0. The van der Waals surface area contributed by atoms with Crippen molar-refractivity contribution >= 4 is 20.7 Å². The fourth-order valence-electron chi connectivity index (χ4n) is 1.85. The number of carbonyl (C=O) groups excluding carboxylic acids is 1. The van der Waals surface area contributed by atoms with Gasteiger partial charge in [-0.15, -0.1) is 0 Å². The summed E-state index contributed by atoms with van der Waals surface area (Å²) in [6.45, 7) is 11.0. The molecule has 1 amide bonds. The third-order valence-electron chi connectivity index (χ3n) is 3.98. The van der Waals surface area contributed by atoms with E-state index >= 15 is 0 Å². The zero-order valence-electron chi connectivity index (χ0n) is 11.8. The highest BCUT2D eigenvalue weighted by Gasteiger charge is 2.43. The summed E-state index contributed by atoms with van der Waals surface area (Å²) < 4.78 is 6.15. The van der Waals surface area contributed by atoms with Crippen molar-refractivity contribution in [1.29, 1.82) is 0 Å². The van der Waals surface area contributed by atoms with Gasteiger partial charge in [-0.3, -0.25) is 4.90 Å². The Hall–Kier alpha value is -0.883. The summed E-state index contributed by atoms with van der Waals surface area (Å²) in [7, 11) is -1.91. The lowest BCUT2D eigenvalue weighted by Crippen LogP contribution is -2.44. The van der Waals surface area contributed by atoms with Gasteiger partial charge < -0.3 is 14.3 Å². The Kier molecular flexibility index (Phi) is 4.22. The molecule has 1 rings (SSSR count). The highest BCUT2D eigenvalue weighted by atomic mass is 28.4. The summed E-state index contributed by atoms with van der Waals surface area (Å²) in [5.41, 5.74) is 0. The third kappa shape index (κ3) is 3.11. The van der Waals surface area contributed by atoms with Crippen molar-refractivity contribution in [3.05, 3.63) is 0 Å². The van der Waals surface area contributed by atoms with Crippen LogP contribution in [0, 0.1) is 0 Å². The lowest BCUT2D eigenvalue weighted by atomic mass is 10.2. The zero-order chi connectivity index (χ0) is 14.1. The minimum Gasteiger partial charge on any atom is -0.465 e. The number of likely N-dealkylation sites (tertiary alicyclic amines) is 1. The zero-order valence-corrected chi connectivity index (χ0v) is 12.8. The van der Waals surface area contributed by atoms with Crippen LogP contribution in [0.3, 0.4) is 0 Å². The standard InChI is InChI=1S/C12H23NO4Si/c1-12(2,3)18(4,5)17-10-6-9(8-14)13(7-10)11(15)16/h8-10H,6-7H2,1-5H3,(H,15,16)/t9-,10+/m0/s1. The van der Waals surface area contributed by atoms with Crippen LogP contribution in [-0.4, -0.2) is 49.4 Å². The summed E-state index contributed by atoms with van der Waals surface area (Å²) in [5, 5.41) is 9.10. The maximum Gasteiger partial charge on any atom is 0.407 e. The summed E-state index contributed by atoms with van der Waals surface area (Å²) >= 11 is 0. The van der Waals surface area contributed by atoms with Gasteiger partial charge in [0.05, 0.1) is 12.1 Å². The number of rotatable bonds is 3. The second-order valence-electron chi connectivity index (χ2n) is 6.37. The first kappa shape index (κ1) is 15.2. The quantitative estimate of drug-likeness (QED) is 0.633. The van der Waals surface area contributed by atoms with Crippen LogP contribution in [0.15, 0.2) is 0 Å². The predicted molar refractivity (Wildman–Crippen MR) is 71.3 cm³/mol. The van der Waals surface area contributed by atoms with E-state index in [2.05, 4.69) is 33.9 Å². The number of hydrogen-bond donors (Lipinski definition) is 1. The summed E-state index contributed by atoms with van der Waals surface area (Å²) in [6, 6.07) is -0.558. The molecular formula is C12H23NO4Si. The monoisotopic (exact) mass is 273 g/mol. The second-order valence-corrected chi connectivity index (χ2v) is 11.1. The van der Waals surface area contributed by atoms with Gasteiger partial charge in [0, 0.05) is 13.0 Å². The minimum atomic E-state index is -1.91. The first-order valence-corrected chi connectivity index (χ1v) is 9.12. The molecule has 1 N–H and O–H groups in total. The molecule has 1 saturated heterocycles. The van der Waals surface area contributed by atoms with Crippen LogP contribution in [0.25, 0.3) is 0 Å². The molecule has 0 aromatic heterocycles. The van der Waals surface area contributed by atoms with E-state index in [1.165, 1.54) is 4.90 Å². The Labute approximate surface area is 109 Å². The van der Waals surface area contributed by atoms with Gasteiger partial charge in [0.2, 0.25) is 0 Å². The van der Waals surface area contributed by atoms with Crippen LogP contribution in [-0.2, 0) is 9.22 Å². The first-order valence-electron chi connectivity index (χ1n) is 6.21. The van der Waals surface area contributed by atoms with Crippen LogP contribution in [0.4, 0.5) is 4.79 Å². The van der Waals surface area contributed by atoms with Crippen LogP contribution in [0.2, 0.25) is 18.1 Å². The Bertz CT molecular complexity index is 337. The Morgan fingerprint density at radius 3 is 2.33 bits per heavy atom. The van der Waals surface area contributed by atoms with Crippen LogP contribution in [0.5, 0.6) is 0 Å². The molecule has 1 fully saturated rings. The van der Waals surface area contributed by atoms with Crippen molar-refractivity contribution in [3.8, 4) is 0 Å². The maximum atomic E-state index is 11.0. The van der Waals surface area contributed by atoms with Gasteiger partial charge in [-0.05, 0) is 18.1 Å². The van der Waals surface area contributed by atoms with Crippen molar-refractivity contribution in [2.24, 2.45) is 0 Å².